The summed E-state index contributed by atoms with van der Waals surface area (Å²) in [5, 5.41) is 0. The van der Waals surface area contributed by atoms with E-state index < -0.39 is 17.5 Å². The van der Waals surface area contributed by atoms with Gasteiger partial charge in [0.2, 0.25) is 0 Å². The third-order valence-corrected chi connectivity index (χ3v) is 8.24. The molecule has 0 heterocycles. The Bertz CT molecular complexity index is 844. The molecule has 0 saturated heterocycles. The van der Waals surface area contributed by atoms with Crippen molar-refractivity contribution >= 4 is 0 Å². The monoisotopic (exact) mass is 412 g/mol. The predicted octanol–water partition coefficient (Wildman–Crippen LogP) is 8.26. The predicted molar refractivity (Wildman–Crippen MR) is 115 cm³/mol. The van der Waals surface area contributed by atoms with Crippen molar-refractivity contribution in [1.29, 1.82) is 0 Å². The first kappa shape index (κ1) is 20.2. The van der Waals surface area contributed by atoms with Gasteiger partial charge in [0.05, 0.1) is 0 Å². The van der Waals surface area contributed by atoms with Gasteiger partial charge in [0, 0.05) is 0 Å². The number of rotatable bonds is 4. The summed E-state index contributed by atoms with van der Waals surface area (Å²) in [7, 11) is 0. The number of halogens is 3. The van der Waals surface area contributed by atoms with Crippen molar-refractivity contribution in [3.05, 3.63) is 59.4 Å². The number of benzene rings is 2. The number of hydrogen-bond donors (Lipinski definition) is 0. The second-order valence-corrected chi connectivity index (χ2v) is 10.00. The lowest BCUT2D eigenvalue weighted by atomic mass is 9.68. The highest BCUT2D eigenvalue weighted by Gasteiger charge is 2.36. The van der Waals surface area contributed by atoms with Crippen molar-refractivity contribution in [2.45, 2.75) is 70.1 Å². The molecule has 3 heteroatoms. The highest BCUT2D eigenvalue weighted by molar-refractivity contribution is 5.64. The van der Waals surface area contributed by atoms with Crippen LogP contribution in [0.5, 0.6) is 0 Å². The Balaban J connectivity index is 1.17. The first-order valence-corrected chi connectivity index (χ1v) is 11.8. The van der Waals surface area contributed by atoms with Gasteiger partial charge in [-0.05, 0) is 123 Å². The van der Waals surface area contributed by atoms with Crippen LogP contribution in [0.2, 0.25) is 0 Å². The van der Waals surface area contributed by atoms with Crippen LogP contribution in [0.1, 0.15) is 75.7 Å². The maximum Gasteiger partial charge on any atom is 0.194 e. The molecule has 0 amide bonds. The van der Waals surface area contributed by atoms with Gasteiger partial charge >= 0.3 is 0 Å². The molecule has 3 saturated carbocycles. The molecule has 3 aliphatic rings. The fourth-order valence-corrected chi connectivity index (χ4v) is 6.25. The summed E-state index contributed by atoms with van der Waals surface area (Å²) in [6.45, 7) is 0. The fourth-order valence-electron chi connectivity index (χ4n) is 6.25. The zero-order valence-corrected chi connectivity index (χ0v) is 17.6. The van der Waals surface area contributed by atoms with Gasteiger partial charge in [0.1, 0.15) is 0 Å². The first-order chi connectivity index (χ1) is 14.6. The van der Waals surface area contributed by atoms with Crippen molar-refractivity contribution in [1.82, 2.24) is 0 Å². The van der Waals surface area contributed by atoms with Gasteiger partial charge in [0.25, 0.3) is 0 Å². The highest BCUT2D eigenvalue weighted by Crippen LogP contribution is 2.49. The minimum absolute atomic E-state index is 0.378. The topological polar surface area (TPSA) is 0 Å². The quantitative estimate of drug-likeness (QED) is 0.443. The molecule has 3 aliphatic carbocycles. The smallest absolute Gasteiger partial charge is 0.194 e. The Morgan fingerprint density at radius 1 is 0.500 bits per heavy atom. The molecule has 2 aromatic carbocycles. The molecule has 0 bridgehead atoms. The second-order valence-electron chi connectivity index (χ2n) is 10.00. The molecule has 3 fully saturated rings. The van der Waals surface area contributed by atoms with E-state index in [1.807, 2.05) is 12.1 Å². The maximum absolute atomic E-state index is 13.5. The van der Waals surface area contributed by atoms with Crippen LogP contribution >= 0.6 is 0 Å². The maximum atomic E-state index is 13.5. The molecular weight excluding hydrogens is 381 g/mol. The van der Waals surface area contributed by atoms with Crippen LogP contribution in [0.15, 0.2) is 36.4 Å². The largest absolute Gasteiger partial charge is 0.204 e. The van der Waals surface area contributed by atoms with E-state index in [1.54, 1.807) is 0 Å². The van der Waals surface area contributed by atoms with Gasteiger partial charge in [-0.25, -0.2) is 13.2 Å². The molecule has 0 aliphatic heterocycles. The van der Waals surface area contributed by atoms with Crippen LogP contribution in [0.4, 0.5) is 13.2 Å². The third-order valence-electron chi connectivity index (χ3n) is 8.24. The summed E-state index contributed by atoms with van der Waals surface area (Å²) in [5.74, 6) is 0.870. The SMILES string of the molecule is Fc1cc(-c2ccc(C3CCC(C4CCC(C5CC5)CC4)CC3)cc2)cc(F)c1F. The van der Waals surface area contributed by atoms with E-state index in [-0.39, 0.29) is 0 Å². The van der Waals surface area contributed by atoms with E-state index in [4.69, 9.17) is 0 Å². The van der Waals surface area contributed by atoms with Gasteiger partial charge in [-0.2, -0.15) is 0 Å². The van der Waals surface area contributed by atoms with Gasteiger partial charge in [-0.3, -0.25) is 0 Å². The minimum atomic E-state index is -1.41. The van der Waals surface area contributed by atoms with Crippen LogP contribution in [-0.2, 0) is 0 Å². The Morgan fingerprint density at radius 2 is 0.900 bits per heavy atom. The standard InChI is InChI=1S/C27H31F3/c28-25-15-24(16-26(29)27(25)30)23-13-11-22(12-14-23)21-9-7-20(8-10-21)19-5-3-18(4-6-19)17-1-2-17/h11-21H,1-10H2. The van der Waals surface area contributed by atoms with Crippen LogP contribution in [0.25, 0.3) is 11.1 Å². The Morgan fingerprint density at radius 3 is 1.33 bits per heavy atom. The highest BCUT2D eigenvalue weighted by atomic mass is 19.2. The van der Waals surface area contributed by atoms with Crippen molar-refractivity contribution in [2.75, 3.05) is 0 Å². The molecule has 0 radical (unpaired) electrons. The second kappa shape index (κ2) is 8.40. The van der Waals surface area contributed by atoms with Crippen LogP contribution in [-0.4, -0.2) is 0 Å². The lowest BCUT2D eigenvalue weighted by molar-refractivity contribution is 0.152. The third kappa shape index (κ3) is 4.18. The molecule has 160 valence electrons. The Kier molecular flexibility index (Phi) is 5.64. The van der Waals surface area contributed by atoms with Crippen LogP contribution in [0, 0.1) is 41.1 Å². The zero-order chi connectivity index (χ0) is 20.7. The average molecular weight is 413 g/mol. The van der Waals surface area contributed by atoms with Crippen molar-refractivity contribution < 1.29 is 13.2 Å². The molecule has 5 rings (SSSR count). The van der Waals surface area contributed by atoms with E-state index in [0.717, 1.165) is 41.4 Å². The summed E-state index contributed by atoms with van der Waals surface area (Å²) in [5.41, 5.74) is 2.42. The van der Waals surface area contributed by atoms with E-state index in [2.05, 4.69) is 12.1 Å². The molecule has 0 atom stereocenters. The molecule has 0 unspecified atom stereocenters. The molecular formula is C27H31F3. The summed E-state index contributed by atoms with van der Waals surface area (Å²) >= 11 is 0. The minimum Gasteiger partial charge on any atom is -0.204 e. The number of hydrogen-bond acceptors (Lipinski definition) is 0. The average Bonchev–Trinajstić information content (AvgIpc) is 3.63. The zero-order valence-electron chi connectivity index (χ0n) is 17.6. The lowest BCUT2D eigenvalue weighted by Gasteiger charge is -2.38. The van der Waals surface area contributed by atoms with Gasteiger partial charge in [-0.1, -0.05) is 24.3 Å². The summed E-state index contributed by atoms with van der Waals surface area (Å²) < 4.78 is 40.3. The molecule has 2 aromatic rings. The van der Waals surface area contributed by atoms with Gasteiger partial charge in [0.15, 0.2) is 17.5 Å². The summed E-state index contributed by atoms with van der Waals surface area (Å²) in [4.78, 5) is 0. The van der Waals surface area contributed by atoms with Gasteiger partial charge in [-0.15, -0.1) is 0 Å². The first-order valence-electron chi connectivity index (χ1n) is 11.8. The van der Waals surface area contributed by atoms with Crippen molar-refractivity contribution in [3.63, 3.8) is 0 Å². The van der Waals surface area contributed by atoms with E-state index >= 15 is 0 Å². The molecule has 0 nitrogen and oxygen atoms in total. The van der Waals surface area contributed by atoms with Crippen LogP contribution in [0.3, 0.4) is 0 Å². The fraction of sp³-hybridized carbons (Fsp3) is 0.556. The van der Waals surface area contributed by atoms with E-state index in [1.165, 1.54) is 69.8 Å². The normalized spacial score (nSPS) is 29.7. The lowest BCUT2D eigenvalue weighted by Crippen LogP contribution is -2.25. The molecule has 0 aromatic heterocycles. The van der Waals surface area contributed by atoms with Gasteiger partial charge < -0.3 is 0 Å². The van der Waals surface area contributed by atoms with E-state index in [0.29, 0.717) is 11.5 Å². The summed E-state index contributed by atoms with van der Waals surface area (Å²) in [6.07, 6.45) is 14.0. The van der Waals surface area contributed by atoms with Crippen molar-refractivity contribution in [2.24, 2.45) is 23.7 Å². The van der Waals surface area contributed by atoms with Crippen LogP contribution < -0.4 is 0 Å². The van der Waals surface area contributed by atoms with Crippen molar-refractivity contribution in [3.8, 4) is 11.1 Å². The molecule has 0 spiro atoms. The molecule has 30 heavy (non-hydrogen) atoms. The molecule has 0 N–H and O–H groups in total. The Hall–Kier alpha value is -1.77. The Labute approximate surface area is 177 Å². The summed E-state index contributed by atoms with van der Waals surface area (Å²) in [6, 6.07) is 10.1. The van der Waals surface area contributed by atoms with E-state index in [9.17, 15) is 13.2 Å².